The Morgan fingerprint density at radius 2 is 1.75 bits per heavy atom. The summed E-state index contributed by atoms with van der Waals surface area (Å²) in [5, 5.41) is 1.77. The number of hydrogen-bond acceptors (Lipinski definition) is 3. The Kier molecular flexibility index (Phi) is 4.70. The molecule has 2 aliphatic heterocycles. The molecule has 5 heteroatoms. The molecule has 0 amide bonds. The molecule has 24 heavy (non-hydrogen) atoms. The zero-order valence-corrected chi connectivity index (χ0v) is 15.8. The van der Waals surface area contributed by atoms with Crippen LogP contribution in [-0.4, -0.2) is 43.5 Å². The number of rotatable bonds is 1. The third kappa shape index (κ3) is 3.41. The van der Waals surface area contributed by atoms with E-state index < -0.39 is 0 Å². The minimum absolute atomic E-state index is 0.291. The first-order valence-corrected chi connectivity index (χ1v) is 10.6. The van der Waals surface area contributed by atoms with Gasteiger partial charge in [0.2, 0.25) is 0 Å². The van der Waals surface area contributed by atoms with Gasteiger partial charge in [-0.05, 0) is 0 Å². The average molecular weight is 403 g/mol. The van der Waals surface area contributed by atoms with Crippen LogP contribution < -0.4 is 0 Å². The van der Waals surface area contributed by atoms with E-state index in [1.807, 2.05) is 30.3 Å². The van der Waals surface area contributed by atoms with Gasteiger partial charge in [-0.15, -0.1) is 0 Å². The fourth-order valence-electron chi connectivity index (χ4n) is 2.97. The number of nitrogens with zero attached hydrogens (tertiary/aromatic N) is 3. The number of hydrogen-bond donors (Lipinski definition) is 0. The van der Waals surface area contributed by atoms with Crippen LogP contribution in [0.2, 0.25) is 5.02 Å². The Balaban J connectivity index is 1.81. The van der Waals surface area contributed by atoms with E-state index in [1.165, 1.54) is 23.1 Å². The van der Waals surface area contributed by atoms with Crippen LogP contribution in [0, 0.1) is 0 Å². The summed E-state index contributed by atoms with van der Waals surface area (Å²) >= 11 is 6.50. The van der Waals surface area contributed by atoms with Gasteiger partial charge in [0.15, 0.2) is 0 Å². The van der Waals surface area contributed by atoms with Crippen LogP contribution in [0.15, 0.2) is 58.5 Å². The molecule has 122 valence electrons. The van der Waals surface area contributed by atoms with E-state index in [4.69, 9.17) is 21.6 Å². The van der Waals surface area contributed by atoms with Crippen LogP contribution in [-0.2, 0) is 5.32 Å². The summed E-state index contributed by atoms with van der Waals surface area (Å²) in [5.74, 6) is 0.808. The SMILES string of the molecule is Clc1ccc2c(c1)C[Se]C(N1CCCC1)=NC(c1ccccc1)=N2. The van der Waals surface area contributed by atoms with Crippen molar-refractivity contribution in [3.05, 3.63) is 64.7 Å². The molecule has 0 atom stereocenters. The van der Waals surface area contributed by atoms with Gasteiger partial charge in [0.1, 0.15) is 0 Å². The fourth-order valence-corrected chi connectivity index (χ4v) is 5.33. The molecule has 0 bridgehead atoms. The van der Waals surface area contributed by atoms with Crippen molar-refractivity contribution in [3.63, 3.8) is 0 Å². The molecular formula is C19H18ClN3Se. The van der Waals surface area contributed by atoms with E-state index in [1.54, 1.807) is 0 Å². The molecule has 3 nitrogen and oxygen atoms in total. The maximum atomic E-state index is 6.21. The first kappa shape index (κ1) is 15.9. The van der Waals surface area contributed by atoms with Gasteiger partial charge >= 0.3 is 154 Å². The van der Waals surface area contributed by atoms with Crippen LogP contribution in [0.25, 0.3) is 0 Å². The second kappa shape index (κ2) is 7.10. The van der Waals surface area contributed by atoms with E-state index >= 15 is 0 Å². The molecule has 1 fully saturated rings. The third-order valence-corrected chi connectivity index (χ3v) is 6.70. The molecule has 2 aromatic rings. The van der Waals surface area contributed by atoms with Gasteiger partial charge in [0.25, 0.3) is 0 Å². The molecule has 1 saturated heterocycles. The van der Waals surface area contributed by atoms with Gasteiger partial charge in [-0.2, -0.15) is 0 Å². The van der Waals surface area contributed by atoms with Gasteiger partial charge in [-0.3, -0.25) is 0 Å². The summed E-state index contributed by atoms with van der Waals surface area (Å²) in [5.41, 5.74) is 3.28. The van der Waals surface area contributed by atoms with Gasteiger partial charge in [0.05, 0.1) is 0 Å². The molecule has 0 unspecified atom stereocenters. The van der Waals surface area contributed by atoms with E-state index in [0.29, 0.717) is 15.0 Å². The summed E-state index contributed by atoms with van der Waals surface area (Å²) in [7, 11) is 0. The summed E-state index contributed by atoms with van der Waals surface area (Å²) < 4.78 is 1.22. The van der Waals surface area contributed by atoms with Gasteiger partial charge in [-0.1, -0.05) is 0 Å². The van der Waals surface area contributed by atoms with Crippen LogP contribution in [0.5, 0.6) is 0 Å². The van der Waals surface area contributed by atoms with Crippen molar-refractivity contribution in [2.75, 3.05) is 13.1 Å². The van der Waals surface area contributed by atoms with Crippen molar-refractivity contribution in [2.45, 2.75) is 18.2 Å². The van der Waals surface area contributed by atoms with E-state index in [0.717, 1.165) is 40.5 Å². The van der Waals surface area contributed by atoms with Crippen molar-refractivity contribution in [3.8, 4) is 0 Å². The molecule has 4 rings (SSSR count). The number of aliphatic imine (C=N–C) groups is 2. The number of amidine groups is 2. The summed E-state index contributed by atoms with van der Waals surface area (Å²) in [4.78, 5) is 12.3. The first-order valence-electron chi connectivity index (χ1n) is 8.18. The molecule has 0 aliphatic carbocycles. The van der Waals surface area contributed by atoms with Crippen LogP contribution in [0.3, 0.4) is 0 Å². The molecule has 2 aromatic carbocycles. The van der Waals surface area contributed by atoms with Gasteiger partial charge < -0.3 is 0 Å². The van der Waals surface area contributed by atoms with Crippen LogP contribution in [0.1, 0.15) is 24.0 Å². The molecule has 2 aliphatic rings. The standard InChI is InChI=1S/C19H18ClN3Se/c20-16-8-9-17-15(12-16)13-24-19(23-10-4-5-11-23)22-18(21-17)14-6-2-1-3-7-14/h1-3,6-9,12H,4-5,10-11,13H2. The topological polar surface area (TPSA) is 28.0 Å². The quantitative estimate of drug-likeness (QED) is 0.660. The normalized spacial score (nSPS) is 17.6. The fraction of sp³-hybridized carbons (Fsp3) is 0.263. The molecule has 0 N–H and O–H groups in total. The van der Waals surface area contributed by atoms with Gasteiger partial charge in [-0.25, -0.2) is 0 Å². The van der Waals surface area contributed by atoms with Crippen molar-refractivity contribution >= 4 is 42.8 Å². The Bertz CT molecular complexity index is 796. The summed E-state index contributed by atoms with van der Waals surface area (Å²) in [6.07, 6.45) is 2.52. The first-order chi connectivity index (χ1) is 11.8. The van der Waals surface area contributed by atoms with E-state index in [2.05, 4.69) is 23.1 Å². The van der Waals surface area contributed by atoms with E-state index in [9.17, 15) is 0 Å². The predicted octanol–water partition coefficient (Wildman–Crippen LogP) is 4.09. The Morgan fingerprint density at radius 1 is 0.958 bits per heavy atom. The van der Waals surface area contributed by atoms with Crippen LogP contribution >= 0.6 is 11.6 Å². The summed E-state index contributed by atoms with van der Waals surface area (Å²) in [6, 6.07) is 16.2. The van der Waals surface area contributed by atoms with Crippen molar-refractivity contribution in [1.29, 1.82) is 0 Å². The molecular weight excluding hydrogens is 385 g/mol. The second-order valence-electron chi connectivity index (χ2n) is 5.95. The number of likely N-dealkylation sites (tertiary alicyclic amines) is 1. The van der Waals surface area contributed by atoms with Crippen LogP contribution in [0.4, 0.5) is 5.69 Å². The zero-order chi connectivity index (χ0) is 16.4. The van der Waals surface area contributed by atoms with Crippen molar-refractivity contribution in [1.82, 2.24) is 4.90 Å². The Morgan fingerprint density at radius 3 is 2.54 bits per heavy atom. The van der Waals surface area contributed by atoms with Crippen molar-refractivity contribution < 1.29 is 0 Å². The van der Waals surface area contributed by atoms with Gasteiger partial charge in [0, 0.05) is 0 Å². The van der Waals surface area contributed by atoms with Crippen molar-refractivity contribution in [2.24, 2.45) is 9.98 Å². The van der Waals surface area contributed by atoms with E-state index in [-0.39, 0.29) is 0 Å². The molecule has 0 spiro atoms. The molecule has 0 aromatic heterocycles. The number of fused-ring (bicyclic) bond motifs is 1. The second-order valence-corrected chi connectivity index (χ2v) is 8.37. The predicted molar refractivity (Wildman–Crippen MR) is 102 cm³/mol. The molecule has 2 heterocycles. The number of benzene rings is 2. The maximum absolute atomic E-state index is 6.21. The third-order valence-electron chi connectivity index (χ3n) is 4.23. The Hall–Kier alpha value is -1.61. The minimum atomic E-state index is 0.291. The number of halogens is 1. The summed E-state index contributed by atoms with van der Waals surface area (Å²) in [6.45, 7) is 2.23. The zero-order valence-electron chi connectivity index (χ0n) is 13.3. The average Bonchev–Trinajstić information content (AvgIpc) is 3.12. The Labute approximate surface area is 153 Å². The molecule has 0 saturated carbocycles. The monoisotopic (exact) mass is 403 g/mol. The molecule has 0 radical (unpaired) electrons.